The number of carboxylic acid groups (broad SMARTS) is 1. The van der Waals surface area contributed by atoms with E-state index in [2.05, 4.69) is 47.6 Å². The standard InChI is InChI=1S/C27H41NO3/c1-16(2)28(17(3)4)24(29)23-15-18(25(30)31)14-19-9-10-20-21-8-7-12-26(21,5)13-11-22(20)27(19,23)6/h9,14,16-17,20-23H,7-8,10-13,15H2,1-6H3,(H,30,31)/t20-,21-,22-,23-,26-,27-/m0/s1. The highest BCUT2D eigenvalue weighted by Crippen LogP contribution is 2.65. The van der Waals surface area contributed by atoms with Crippen molar-refractivity contribution in [3.63, 3.8) is 0 Å². The fourth-order valence-electron chi connectivity index (χ4n) is 8.18. The maximum Gasteiger partial charge on any atom is 0.331 e. The minimum absolute atomic E-state index is 0.103. The summed E-state index contributed by atoms with van der Waals surface area (Å²) in [6, 6.07) is 0.207. The average Bonchev–Trinajstić information content (AvgIpc) is 3.07. The van der Waals surface area contributed by atoms with Crippen LogP contribution in [0.4, 0.5) is 0 Å². The molecule has 172 valence electrons. The van der Waals surface area contributed by atoms with Gasteiger partial charge in [-0.1, -0.05) is 26.3 Å². The third-order valence-corrected chi connectivity index (χ3v) is 9.64. The molecule has 0 unspecified atom stereocenters. The summed E-state index contributed by atoms with van der Waals surface area (Å²) in [4.78, 5) is 28.0. The molecule has 6 atom stereocenters. The molecule has 0 heterocycles. The molecule has 4 nitrogen and oxygen atoms in total. The molecule has 4 aliphatic carbocycles. The molecule has 0 aromatic rings. The van der Waals surface area contributed by atoms with Gasteiger partial charge >= 0.3 is 5.97 Å². The zero-order valence-corrected chi connectivity index (χ0v) is 20.3. The van der Waals surface area contributed by atoms with Crippen LogP contribution in [0.25, 0.3) is 0 Å². The molecule has 4 heteroatoms. The minimum atomic E-state index is -0.879. The number of amides is 1. The zero-order valence-electron chi connectivity index (χ0n) is 20.3. The van der Waals surface area contributed by atoms with E-state index in [1.807, 2.05) is 11.0 Å². The number of carbonyl (C=O) groups is 2. The van der Waals surface area contributed by atoms with Crippen molar-refractivity contribution >= 4 is 11.9 Å². The van der Waals surface area contributed by atoms with Gasteiger partial charge < -0.3 is 10.0 Å². The smallest absolute Gasteiger partial charge is 0.331 e. The second kappa shape index (κ2) is 7.78. The number of carboxylic acids is 1. The third kappa shape index (κ3) is 3.40. The van der Waals surface area contributed by atoms with E-state index in [4.69, 9.17) is 0 Å². The Morgan fingerprint density at radius 3 is 2.35 bits per heavy atom. The first kappa shape index (κ1) is 22.6. The molecule has 0 saturated heterocycles. The molecule has 0 aromatic heterocycles. The van der Waals surface area contributed by atoms with E-state index in [0.29, 0.717) is 29.2 Å². The van der Waals surface area contributed by atoms with Crippen LogP contribution in [-0.4, -0.2) is 34.0 Å². The number of aliphatic carboxylic acids is 1. The summed E-state index contributed by atoms with van der Waals surface area (Å²) in [5, 5.41) is 9.84. The van der Waals surface area contributed by atoms with Gasteiger partial charge in [0.15, 0.2) is 0 Å². The summed E-state index contributed by atoms with van der Waals surface area (Å²) >= 11 is 0. The Morgan fingerprint density at radius 2 is 1.74 bits per heavy atom. The average molecular weight is 428 g/mol. The fourth-order valence-corrected chi connectivity index (χ4v) is 8.18. The summed E-state index contributed by atoms with van der Waals surface area (Å²) in [5.74, 6) is 0.800. The Labute approximate surface area is 188 Å². The highest BCUT2D eigenvalue weighted by Gasteiger charge is 2.59. The molecular weight excluding hydrogens is 386 g/mol. The molecule has 2 fully saturated rings. The largest absolute Gasteiger partial charge is 0.478 e. The summed E-state index contributed by atoms with van der Waals surface area (Å²) in [6.07, 6.45) is 12.0. The first-order chi connectivity index (χ1) is 14.5. The predicted octanol–water partition coefficient (Wildman–Crippen LogP) is 5.83. The van der Waals surface area contributed by atoms with E-state index >= 15 is 0 Å². The van der Waals surface area contributed by atoms with E-state index in [0.717, 1.165) is 24.3 Å². The lowest BCUT2D eigenvalue weighted by molar-refractivity contribution is -0.147. The highest BCUT2D eigenvalue weighted by molar-refractivity contribution is 5.91. The molecule has 4 aliphatic rings. The Bertz CT molecular complexity index is 816. The van der Waals surface area contributed by atoms with Gasteiger partial charge in [-0.3, -0.25) is 4.79 Å². The normalized spacial score (nSPS) is 39.4. The van der Waals surface area contributed by atoms with Crippen LogP contribution in [0.5, 0.6) is 0 Å². The van der Waals surface area contributed by atoms with Crippen molar-refractivity contribution in [3.8, 4) is 0 Å². The van der Waals surface area contributed by atoms with Gasteiger partial charge in [-0.15, -0.1) is 0 Å². The van der Waals surface area contributed by atoms with Crippen molar-refractivity contribution in [2.45, 2.75) is 98.6 Å². The lowest BCUT2D eigenvalue weighted by Crippen LogP contribution is -2.56. The molecule has 1 amide bonds. The third-order valence-electron chi connectivity index (χ3n) is 9.64. The number of nitrogens with zero attached hydrogens (tertiary/aromatic N) is 1. The van der Waals surface area contributed by atoms with Gasteiger partial charge in [0.2, 0.25) is 5.91 Å². The predicted molar refractivity (Wildman–Crippen MR) is 123 cm³/mol. The van der Waals surface area contributed by atoms with Gasteiger partial charge in [-0.05, 0) is 101 Å². The van der Waals surface area contributed by atoms with Crippen LogP contribution in [0.2, 0.25) is 0 Å². The first-order valence-corrected chi connectivity index (χ1v) is 12.5. The quantitative estimate of drug-likeness (QED) is 0.614. The second-order valence-electron chi connectivity index (χ2n) is 11.8. The van der Waals surface area contributed by atoms with Crippen LogP contribution in [0, 0.1) is 34.5 Å². The zero-order chi connectivity index (χ0) is 22.7. The van der Waals surface area contributed by atoms with Gasteiger partial charge in [0.05, 0.1) is 5.92 Å². The molecule has 1 N–H and O–H groups in total. The maximum atomic E-state index is 14.1. The van der Waals surface area contributed by atoms with Gasteiger partial charge in [-0.25, -0.2) is 4.79 Å². The monoisotopic (exact) mass is 427 g/mol. The number of carbonyl (C=O) groups excluding carboxylic acids is 1. The van der Waals surface area contributed by atoms with Crippen molar-refractivity contribution in [1.29, 1.82) is 0 Å². The summed E-state index contributed by atoms with van der Waals surface area (Å²) in [6.45, 7) is 13.1. The van der Waals surface area contributed by atoms with Gasteiger partial charge in [0, 0.05) is 23.1 Å². The van der Waals surface area contributed by atoms with Crippen LogP contribution >= 0.6 is 0 Å². The Hall–Kier alpha value is -1.58. The lowest BCUT2D eigenvalue weighted by Gasteiger charge is -2.58. The minimum Gasteiger partial charge on any atom is -0.478 e. The van der Waals surface area contributed by atoms with Crippen molar-refractivity contribution < 1.29 is 14.7 Å². The number of hydrogen-bond donors (Lipinski definition) is 1. The molecule has 31 heavy (non-hydrogen) atoms. The van der Waals surface area contributed by atoms with Gasteiger partial charge in [-0.2, -0.15) is 0 Å². The van der Waals surface area contributed by atoms with E-state index in [1.165, 1.54) is 25.7 Å². The highest BCUT2D eigenvalue weighted by atomic mass is 16.4. The summed E-state index contributed by atoms with van der Waals surface area (Å²) < 4.78 is 0. The Morgan fingerprint density at radius 1 is 1.06 bits per heavy atom. The van der Waals surface area contributed by atoms with Crippen LogP contribution in [-0.2, 0) is 9.59 Å². The van der Waals surface area contributed by atoms with Crippen molar-refractivity contribution in [2.24, 2.45) is 34.5 Å². The SMILES string of the molecule is CC(C)N(C(=O)[C@@H]1CC(C(=O)O)=CC2=CC[C@H]3[C@@H]4CCC[C@@]4(C)CC[C@@H]3[C@]21C)C(C)C. The molecular formula is C27H41NO3. The lowest BCUT2D eigenvalue weighted by atomic mass is 9.46. The van der Waals surface area contributed by atoms with Gasteiger partial charge in [0.25, 0.3) is 0 Å². The topological polar surface area (TPSA) is 57.6 Å². The molecule has 0 spiro atoms. The number of fused-ring (bicyclic) bond motifs is 5. The van der Waals surface area contributed by atoms with E-state index in [-0.39, 0.29) is 29.3 Å². The molecule has 0 aliphatic heterocycles. The Kier molecular flexibility index (Phi) is 5.67. The van der Waals surface area contributed by atoms with Crippen LogP contribution in [0.1, 0.15) is 86.5 Å². The van der Waals surface area contributed by atoms with Crippen LogP contribution in [0.15, 0.2) is 23.3 Å². The summed E-state index contributed by atoms with van der Waals surface area (Å²) in [7, 11) is 0. The van der Waals surface area contributed by atoms with E-state index in [1.54, 1.807) is 0 Å². The molecule has 2 saturated carbocycles. The summed E-state index contributed by atoms with van der Waals surface area (Å²) in [5.41, 5.74) is 1.70. The number of rotatable bonds is 4. The second-order valence-corrected chi connectivity index (χ2v) is 11.8. The van der Waals surface area contributed by atoms with Crippen molar-refractivity contribution in [2.75, 3.05) is 0 Å². The molecule has 4 rings (SSSR count). The molecule has 0 radical (unpaired) electrons. The maximum absolute atomic E-state index is 14.1. The van der Waals surface area contributed by atoms with Crippen molar-refractivity contribution in [1.82, 2.24) is 4.90 Å². The van der Waals surface area contributed by atoms with Gasteiger partial charge in [0.1, 0.15) is 0 Å². The van der Waals surface area contributed by atoms with Crippen LogP contribution < -0.4 is 0 Å². The van der Waals surface area contributed by atoms with E-state index in [9.17, 15) is 14.7 Å². The van der Waals surface area contributed by atoms with E-state index < -0.39 is 5.97 Å². The Balaban J connectivity index is 1.80. The number of allylic oxidation sites excluding steroid dienone is 3. The number of hydrogen-bond acceptors (Lipinski definition) is 2. The van der Waals surface area contributed by atoms with Crippen LogP contribution in [0.3, 0.4) is 0 Å². The van der Waals surface area contributed by atoms with Crippen molar-refractivity contribution in [3.05, 3.63) is 23.3 Å². The molecule has 0 bridgehead atoms. The first-order valence-electron chi connectivity index (χ1n) is 12.5. The molecule has 0 aromatic carbocycles. The fraction of sp³-hybridized carbons (Fsp3) is 0.778.